The summed E-state index contributed by atoms with van der Waals surface area (Å²) in [6.07, 6.45) is 0. The van der Waals surface area contributed by atoms with Crippen LogP contribution in [-0.2, 0) is 0 Å². The van der Waals surface area contributed by atoms with Crippen molar-refractivity contribution in [3.05, 3.63) is 23.8 Å². The molecule has 1 heterocycles. The Bertz CT molecular complexity index is 650. The van der Waals surface area contributed by atoms with Crippen LogP contribution in [0.5, 0.6) is 5.75 Å². The molecule has 1 saturated heterocycles. The van der Waals surface area contributed by atoms with Crippen molar-refractivity contribution in [2.24, 2.45) is 0 Å². The SMILES string of the molecule is COc1cc(F)c(F)cc1NC(=O)N1C[C@@H](C)N(CC#N)[C@@H](C)C1. The van der Waals surface area contributed by atoms with Crippen molar-refractivity contribution in [2.45, 2.75) is 25.9 Å². The van der Waals surface area contributed by atoms with Gasteiger partial charge in [-0.25, -0.2) is 13.6 Å². The summed E-state index contributed by atoms with van der Waals surface area (Å²) in [5.41, 5.74) is 0.0705. The third kappa shape index (κ3) is 3.74. The van der Waals surface area contributed by atoms with Gasteiger partial charge in [-0.3, -0.25) is 4.90 Å². The summed E-state index contributed by atoms with van der Waals surface area (Å²) in [6, 6.07) is 3.52. The van der Waals surface area contributed by atoms with E-state index in [-0.39, 0.29) is 23.5 Å². The Morgan fingerprint density at radius 2 is 1.92 bits per heavy atom. The molecule has 1 aromatic rings. The molecule has 0 spiro atoms. The molecule has 0 aromatic heterocycles. The number of hydrogen-bond donors (Lipinski definition) is 1. The Balaban J connectivity index is 2.11. The number of nitriles is 1. The lowest BCUT2D eigenvalue weighted by atomic mass is 10.1. The van der Waals surface area contributed by atoms with E-state index in [9.17, 15) is 13.6 Å². The minimum Gasteiger partial charge on any atom is -0.494 e. The number of halogens is 2. The van der Waals surface area contributed by atoms with Gasteiger partial charge in [-0.2, -0.15) is 5.26 Å². The van der Waals surface area contributed by atoms with Crippen LogP contribution in [-0.4, -0.2) is 54.7 Å². The molecule has 24 heavy (non-hydrogen) atoms. The highest BCUT2D eigenvalue weighted by Gasteiger charge is 2.31. The van der Waals surface area contributed by atoms with Gasteiger partial charge < -0.3 is 15.0 Å². The van der Waals surface area contributed by atoms with Crippen molar-refractivity contribution in [3.8, 4) is 11.8 Å². The molecule has 2 rings (SSSR count). The van der Waals surface area contributed by atoms with Crippen molar-refractivity contribution < 1.29 is 18.3 Å². The third-order valence-electron chi connectivity index (χ3n) is 4.13. The molecule has 1 N–H and O–H groups in total. The van der Waals surface area contributed by atoms with Gasteiger partial charge in [-0.1, -0.05) is 0 Å². The monoisotopic (exact) mass is 338 g/mol. The van der Waals surface area contributed by atoms with Gasteiger partial charge in [0.25, 0.3) is 0 Å². The second-order valence-electron chi connectivity index (χ2n) is 5.83. The first-order chi connectivity index (χ1) is 11.4. The summed E-state index contributed by atoms with van der Waals surface area (Å²) in [4.78, 5) is 16.1. The Morgan fingerprint density at radius 1 is 1.33 bits per heavy atom. The van der Waals surface area contributed by atoms with Crippen LogP contribution in [0.4, 0.5) is 19.3 Å². The summed E-state index contributed by atoms with van der Waals surface area (Å²) in [5.74, 6) is -2.06. The molecule has 8 heteroatoms. The number of anilines is 1. The number of nitrogens with one attached hydrogen (secondary N) is 1. The number of ether oxygens (including phenoxy) is 1. The van der Waals surface area contributed by atoms with Crippen LogP contribution >= 0.6 is 0 Å². The maximum Gasteiger partial charge on any atom is 0.322 e. The molecule has 1 aliphatic heterocycles. The van der Waals surface area contributed by atoms with Crippen LogP contribution < -0.4 is 10.1 Å². The predicted octanol–water partition coefficient (Wildman–Crippen LogP) is 2.42. The molecule has 1 aliphatic rings. The first-order valence-corrected chi connectivity index (χ1v) is 7.59. The second-order valence-corrected chi connectivity index (χ2v) is 5.83. The largest absolute Gasteiger partial charge is 0.494 e. The Hall–Kier alpha value is -2.40. The molecule has 2 amide bonds. The number of benzene rings is 1. The molecule has 0 bridgehead atoms. The van der Waals surface area contributed by atoms with Crippen LogP contribution in [0.2, 0.25) is 0 Å². The lowest BCUT2D eigenvalue weighted by molar-refractivity contribution is 0.0703. The fourth-order valence-corrected chi connectivity index (χ4v) is 2.91. The zero-order valence-corrected chi connectivity index (χ0v) is 13.8. The minimum atomic E-state index is -1.06. The van der Waals surface area contributed by atoms with Gasteiger partial charge in [0.05, 0.1) is 25.4 Å². The maximum absolute atomic E-state index is 13.4. The number of amides is 2. The fourth-order valence-electron chi connectivity index (χ4n) is 2.91. The summed E-state index contributed by atoms with van der Waals surface area (Å²) in [5, 5.41) is 11.4. The molecule has 2 atom stereocenters. The Morgan fingerprint density at radius 3 is 2.46 bits per heavy atom. The second kappa shape index (κ2) is 7.45. The van der Waals surface area contributed by atoms with Gasteiger partial charge in [-0.05, 0) is 13.8 Å². The van der Waals surface area contributed by atoms with E-state index in [0.29, 0.717) is 19.6 Å². The van der Waals surface area contributed by atoms with Crippen LogP contribution in [0.25, 0.3) is 0 Å². The van der Waals surface area contributed by atoms with E-state index in [1.807, 2.05) is 18.7 Å². The zero-order chi connectivity index (χ0) is 17.9. The first-order valence-electron chi connectivity index (χ1n) is 7.59. The Kier molecular flexibility index (Phi) is 5.57. The standard InChI is InChI=1S/C16H20F2N4O2/c1-10-8-21(9-11(2)22(10)5-4-19)16(23)20-14-6-12(17)13(18)7-15(14)24-3/h6-7,10-11H,5,8-9H2,1-3H3,(H,20,23)/t10-,11+. The average molecular weight is 338 g/mol. The number of carbonyl (C=O) groups is 1. The number of nitrogens with zero attached hydrogens (tertiary/aromatic N) is 3. The summed E-state index contributed by atoms with van der Waals surface area (Å²) < 4.78 is 31.6. The molecule has 0 unspecified atom stereocenters. The van der Waals surface area contributed by atoms with Crippen LogP contribution in [0.3, 0.4) is 0 Å². The normalized spacial score (nSPS) is 21.2. The lowest BCUT2D eigenvalue weighted by Gasteiger charge is -2.43. The van der Waals surface area contributed by atoms with Gasteiger partial charge in [-0.15, -0.1) is 0 Å². The van der Waals surface area contributed by atoms with E-state index in [0.717, 1.165) is 12.1 Å². The van der Waals surface area contributed by atoms with E-state index in [4.69, 9.17) is 10.00 Å². The van der Waals surface area contributed by atoms with Gasteiger partial charge in [0.1, 0.15) is 5.75 Å². The van der Waals surface area contributed by atoms with Crippen molar-refractivity contribution in [3.63, 3.8) is 0 Å². The highest BCUT2D eigenvalue weighted by molar-refractivity contribution is 5.91. The van der Waals surface area contributed by atoms with E-state index in [2.05, 4.69) is 11.4 Å². The topological polar surface area (TPSA) is 68.6 Å². The molecular weight excluding hydrogens is 318 g/mol. The highest BCUT2D eigenvalue weighted by atomic mass is 19.2. The van der Waals surface area contributed by atoms with Crippen molar-refractivity contribution >= 4 is 11.7 Å². The minimum absolute atomic E-state index is 0.0194. The lowest BCUT2D eigenvalue weighted by Crippen LogP contribution is -2.58. The van der Waals surface area contributed by atoms with Crippen LogP contribution in [0, 0.1) is 23.0 Å². The molecule has 0 radical (unpaired) electrons. The van der Waals surface area contributed by atoms with Crippen LogP contribution in [0.1, 0.15) is 13.8 Å². The van der Waals surface area contributed by atoms with Crippen LogP contribution in [0.15, 0.2) is 12.1 Å². The van der Waals surface area contributed by atoms with Crippen molar-refractivity contribution in [1.29, 1.82) is 5.26 Å². The predicted molar refractivity (Wildman–Crippen MR) is 84.7 cm³/mol. The summed E-state index contributed by atoms with van der Waals surface area (Å²) in [6.45, 7) is 5.04. The van der Waals surface area contributed by atoms with E-state index in [1.165, 1.54) is 7.11 Å². The number of rotatable bonds is 3. The number of methoxy groups -OCH3 is 1. The molecule has 0 saturated carbocycles. The fraction of sp³-hybridized carbons (Fsp3) is 0.500. The van der Waals surface area contributed by atoms with Gasteiger partial charge >= 0.3 is 6.03 Å². The smallest absolute Gasteiger partial charge is 0.322 e. The number of carbonyl (C=O) groups excluding carboxylic acids is 1. The van der Waals surface area contributed by atoms with Crippen molar-refractivity contribution in [1.82, 2.24) is 9.80 Å². The van der Waals surface area contributed by atoms with E-state index < -0.39 is 17.7 Å². The summed E-state index contributed by atoms with van der Waals surface area (Å²) in [7, 11) is 1.31. The number of hydrogen-bond acceptors (Lipinski definition) is 4. The first kappa shape index (κ1) is 17.9. The molecule has 0 aliphatic carbocycles. The molecule has 6 nitrogen and oxygen atoms in total. The maximum atomic E-state index is 13.4. The highest BCUT2D eigenvalue weighted by Crippen LogP contribution is 2.28. The average Bonchev–Trinajstić information content (AvgIpc) is 2.53. The van der Waals surface area contributed by atoms with Crippen molar-refractivity contribution in [2.75, 3.05) is 32.1 Å². The van der Waals surface area contributed by atoms with Gasteiger partial charge in [0, 0.05) is 37.3 Å². The zero-order valence-electron chi connectivity index (χ0n) is 13.8. The molecule has 1 aromatic carbocycles. The summed E-state index contributed by atoms with van der Waals surface area (Å²) >= 11 is 0. The molecular formula is C16H20F2N4O2. The number of urea groups is 1. The third-order valence-corrected chi connectivity index (χ3v) is 4.13. The Labute approximate surface area is 139 Å². The van der Waals surface area contributed by atoms with E-state index in [1.54, 1.807) is 4.90 Å². The van der Waals surface area contributed by atoms with Gasteiger partial charge in [0.2, 0.25) is 0 Å². The van der Waals surface area contributed by atoms with E-state index >= 15 is 0 Å². The number of piperazine rings is 1. The van der Waals surface area contributed by atoms with Gasteiger partial charge in [0.15, 0.2) is 11.6 Å². The quantitative estimate of drug-likeness (QED) is 0.860. The molecule has 1 fully saturated rings. The molecule has 130 valence electrons.